The predicted octanol–water partition coefficient (Wildman–Crippen LogP) is 3.70. The van der Waals surface area contributed by atoms with Gasteiger partial charge in [0, 0.05) is 31.0 Å². The molecule has 0 atom stereocenters. The highest BCUT2D eigenvalue weighted by Crippen LogP contribution is 2.24. The van der Waals surface area contributed by atoms with E-state index in [1.54, 1.807) is 23.1 Å². The lowest BCUT2D eigenvalue weighted by Gasteiger charge is -2.18. The topological polar surface area (TPSA) is 69.7 Å². The van der Waals surface area contributed by atoms with Crippen LogP contribution in [0, 0.1) is 0 Å². The highest BCUT2D eigenvalue weighted by molar-refractivity contribution is 7.92. The molecular weight excluding hydrogens is 362 g/mol. The van der Waals surface area contributed by atoms with Crippen molar-refractivity contribution in [2.24, 2.45) is 0 Å². The van der Waals surface area contributed by atoms with E-state index < -0.39 is 10.0 Å². The van der Waals surface area contributed by atoms with Gasteiger partial charge in [-0.2, -0.15) is 0 Å². The number of carbonyl (C=O) groups excluding carboxylic acids is 1. The number of rotatable bonds is 7. The molecule has 27 heavy (non-hydrogen) atoms. The number of nitrogens with zero attached hydrogens (tertiary/aromatic N) is 2. The number of aryl methyl sites for hydroxylation is 1. The lowest BCUT2D eigenvalue weighted by Crippen LogP contribution is -2.32. The summed E-state index contributed by atoms with van der Waals surface area (Å²) >= 11 is 0. The maximum Gasteiger partial charge on any atom is 0.324 e. The summed E-state index contributed by atoms with van der Waals surface area (Å²) < 4.78 is 27.9. The van der Waals surface area contributed by atoms with Crippen LogP contribution in [-0.4, -0.2) is 39.0 Å². The molecule has 7 heteroatoms. The monoisotopic (exact) mass is 387 g/mol. The summed E-state index contributed by atoms with van der Waals surface area (Å²) in [7, 11) is -3.68. The third-order valence-corrected chi connectivity index (χ3v) is 6.03. The zero-order valence-corrected chi connectivity index (χ0v) is 16.5. The summed E-state index contributed by atoms with van der Waals surface area (Å²) in [6.45, 7) is 6.12. The van der Waals surface area contributed by atoms with Crippen LogP contribution < -0.4 is 9.62 Å². The number of hydrogen-bond acceptors (Lipinski definition) is 3. The summed E-state index contributed by atoms with van der Waals surface area (Å²) in [4.78, 5) is 16.1. The second-order valence-electron chi connectivity index (χ2n) is 6.57. The number of amides is 2. The number of anilines is 2. The molecule has 0 spiro atoms. The van der Waals surface area contributed by atoms with Gasteiger partial charge in [0.05, 0.1) is 4.90 Å². The van der Waals surface area contributed by atoms with Crippen molar-refractivity contribution in [1.82, 2.24) is 4.90 Å². The van der Waals surface area contributed by atoms with E-state index in [2.05, 4.69) is 4.72 Å². The van der Waals surface area contributed by atoms with Crippen LogP contribution in [-0.2, 0) is 16.4 Å². The Labute approximate surface area is 160 Å². The molecule has 0 aliphatic carbocycles. The van der Waals surface area contributed by atoms with Gasteiger partial charge in [0.15, 0.2) is 0 Å². The SMILES string of the molecule is CCCN1CCN(c2ccc(S(=O)(=O)Nc3cccc(CC)c3)cc2)C1=O. The Hall–Kier alpha value is -2.54. The number of carbonyl (C=O) groups is 1. The van der Waals surface area contributed by atoms with Gasteiger partial charge in [0.1, 0.15) is 0 Å². The number of hydrogen-bond donors (Lipinski definition) is 1. The minimum absolute atomic E-state index is 0.0260. The van der Waals surface area contributed by atoms with E-state index >= 15 is 0 Å². The number of nitrogens with one attached hydrogen (secondary N) is 1. The van der Waals surface area contributed by atoms with E-state index in [0.29, 0.717) is 24.5 Å². The Bertz CT molecular complexity index is 910. The molecule has 144 valence electrons. The van der Waals surface area contributed by atoms with Crippen LogP contribution in [0.25, 0.3) is 0 Å². The van der Waals surface area contributed by atoms with Gasteiger partial charge in [-0.15, -0.1) is 0 Å². The van der Waals surface area contributed by atoms with Crippen LogP contribution >= 0.6 is 0 Å². The van der Waals surface area contributed by atoms with Gasteiger partial charge in [0.2, 0.25) is 0 Å². The molecule has 1 aliphatic heterocycles. The third-order valence-electron chi connectivity index (χ3n) is 4.63. The first-order valence-corrected chi connectivity index (χ1v) is 10.7. The summed E-state index contributed by atoms with van der Waals surface area (Å²) in [6.07, 6.45) is 1.75. The Morgan fingerprint density at radius 3 is 2.44 bits per heavy atom. The van der Waals surface area contributed by atoms with Crippen molar-refractivity contribution in [3.63, 3.8) is 0 Å². The molecular formula is C20H25N3O3S. The standard InChI is InChI=1S/C20H25N3O3S/c1-3-12-22-13-14-23(20(22)24)18-8-10-19(11-9-18)27(25,26)21-17-7-5-6-16(4-2)15-17/h5-11,15,21H,3-4,12-14H2,1-2H3. The van der Waals surface area contributed by atoms with Crippen LogP contribution in [0.1, 0.15) is 25.8 Å². The third kappa shape index (κ3) is 4.24. The largest absolute Gasteiger partial charge is 0.324 e. The highest BCUT2D eigenvalue weighted by Gasteiger charge is 2.29. The van der Waals surface area contributed by atoms with Crippen molar-refractivity contribution in [3.8, 4) is 0 Å². The number of urea groups is 1. The molecule has 0 radical (unpaired) electrons. The van der Waals surface area contributed by atoms with Crippen LogP contribution in [0.2, 0.25) is 0 Å². The fraction of sp³-hybridized carbons (Fsp3) is 0.350. The second-order valence-corrected chi connectivity index (χ2v) is 8.26. The van der Waals surface area contributed by atoms with Crippen molar-refractivity contribution >= 4 is 27.4 Å². The van der Waals surface area contributed by atoms with Gasteiger partial charge in [-0.3, -0.25) is 9.62 Å². The quantitative estimate of drug-likeness (QED) is 0.787. The number of benzene rings is 2. The summed E-state index contributed by atoms with van der Waals surface area (Å²) in [5, 5.41) is 0. The molecule has 3 rings (SSSR count). The fourth-order valence-corrected chi connectivity index (χ4v) is 4.22. The number of sulfonamides is 1. The molecule has 2 aromatic rings. The lowest BCUT2D eigenvalue weighted by molar-refractivity contribution is 0.220. The van der Waals surface area contributed by atoms with Crippen LogP contribution in [0.15, 0.2) is 53.4 Å². The first kappa shape index (κ1) is 19.2. The van der Waals surface area contributed by atoms with Gasteiger partial charge >= 0.3 is 6.03 Å². The van der Waals surface area contributed by atoms with E-state index in [1.807, 2.05) is 36.9 Å². The van der Waals surface area contributed by atoms with E-state index in [9.17, 15) is 13.2 Å². The van der Waals surface area contributed by atoms with Crippen molar-refractivity contribution in [2.45, 2.75) is 31.6 Å². The van der Waals surface area contributed by atoms with Crippen molar-refractivity contribution in [2.75, 3.05) is 29.3 Å². The summed E-state index contributed by atoms with van der Waals surface area (Å²) in [5.41, 5.74) is 2.32. The molecule has 1 saturated heterocycles. The molecule has 0 saturated carbocycles. The Balaban J connectivity index is 1.75. The molecule has 2 amide bonds. The smallest absolute Gasteiger partial charge is 0.323 e. The molecule has 1 fully saturated rings. The molecule has 2 aromatic carbocycles. The van der Waals surface area contributed by atoms with Crippen molar-refractivity contribution in [1.29, 1.82) is 0 Å². The fourth-order valence-electron chi connectivity index (χ4n) is 3.17. The van der Waals surface area contributed by atoms with Crippen LogP contribution in [0.4, 0.5) is 16.2 Å². The van der Waals surface area contributed by atoms with E-state index in [1.165, 1.54) is 12.1 Å². The molecule has 1 N–H and O–H groups in total. The van der Waals surface area contributed by atoms with Gasteiger partial charge in [-0.1, -0.05) is 26.0 Å². The zero-order chi connectivity index (χ0) is 19.4. The summed E-state index contributed by atoms with van der Waals surface area (Å²) in [5.74, 6) is 0. The molecule has 6 nitrogen and oxygen atoms in total. The molecule has 0 bridgehead atoms. The molecule has 1 aliphatic rings. The van der Waals surface area contributed by atoms with Gasteiger partial charge < -0.3 is 4.90 Å². The normalized spacial score (nSPS) is 14.7. The highest BCUT2D eigenvalue weighted by atomic mass is 32.2. The molecule has 0 unspecified atom stereocenters. The minimum Gasteiger partial charge on any atom is -0.323 e. The average molecular weight is 388 g/mol. The van der Waals surface area contributed by atoms with Crippen LogP contribution in [0.3, 0.4) is 0 Å². The first-order valence-electron chi connectivity index (χ1n) is 9.23. The minimum atomic E-state index is -3.68. The Kier molecular flexibility index (Phi) is 5.70. The summed E-state index contributed by atoms with van der Waals surface area (Å²) in [6, 6.07) is 13.8. The Morgan fingerprint density at radius 1 is 1.04 bits per heavy atom. The van der Waals surface area contributed by atoms with E-state index in [4.69, 9.17) is 0 Å². The van der Waals surface area contributed by atoms with Gasteiger partial charge in [-0.05, 0) is 54.8 Å². The molecule has 0 aromatic heterocycles. The average Bonchev–Trinajstić information content (AvgIpc) is 3.02. The van der Waals surface area contributed by atoms with Crippen LogP contribution in [0.5, 0.6) is 0 Å². The van der Waals surface area contributed by atoms with E-state index in [0.717, 1.165) is 24.9 Å². The maximum absolute atomic E-state index is 12.6. The van der Waals surface area contributed by atoms with Gasteiger partial charge in [0.25, 0.3) is 10.0 Å². The lowest BCUT2D eigenvalue weighted by atomic mass is 10.1. The second kappa shape index (κ2) is 8.00. The zero-order valence-electron chi connectivity index (χ0n) is 15.7. The first-order chi connectivity index (χ1) is 12.9. The maximum atomic E-state index is 12.6. The predicted molar refractivity (Wildman–Crippen MR) is 108 cm³/mol. The van der Waals surface area contributed by atoms with E-state index in [-0.39, 0.29) is 10.9 Å². The Morgan fingerprint density at radius 2 is 1.78 bits per heavy atom. The molecule has 1 heterocycles. The van der Waals surface area contributed by atoms with Crippen molar-refractivity contribution < 1.29 is 13.2 Å². The van der Waals surface area contributed by atoms with Crippen molar-refractivity contribution in [3.05, 3.63) is 54.1 Å². The van der Waals surface area contributed by atoms with Gasteiger partial charge in [-0.25, -0.2) is 13.2 Å².